The van der Waals surface area contributed by atoms with E-state index in [9.17, 15) is 9.59 Å². The molecule has 2 unspecified atom stereocenters. The molecule has 22 heavy (non-hydrogen) atoms. The molecule has 0 aliphatic carbocycles. The first-order chi connectivity index (χ1) is 10.5. The fourth-order valence-corrected chi connectivity index (χ4v) is 1.67. The zero-order chi connectivity index (χ0) is 16.4. The van der Waals surface area contributed by atoms with Gasteiger partial charge in [-0.1, -0.05) is 18.2 Å². The zero-order valence-corrected chi connectivity index (χ0v) is 12.7. The maximum absolute atomic E-state index is 11.9. The lowest BCUT2D eigenvalue weighted by molar-refractivity contribution is -0.161. The van der Waals surface area contributed by atoms with Crippen LogP contribution >= 0.6 is 0 Å². The SMILES string of the molecule is CC(=O)OCOC(COC(=O)c1ccccc1)CC(C)C#N. The summed E-state index contributed by atoms with van der Waals surface area (Å²) in [5.41, 5.74) is 0.439. The van der Waals surface area contributed by atoms with Crippen molar-refractivity contribution in [3.63, 3.8) is 0 Å². The molecule has 0 saturated heterocycles. The molecule has 6 nitrogen and oxygen atoms in total. The average Bonchev–Trinajstić information content (AvgIpc) is 2.52. The Bertz CT molecular complexity index is 523. The third kappa shape index (κ3) is 6.86. The molecule has 0 radical (unpaired) electrons. The lowest BCUT2D eigenvalue weighted by atomic mass is 10.1. The predicted octanol–water partition coefficient (Wildman–Crippen LogP) is 2.30. The van der Waals surface area contributed by atoms with Gasteiger partial charge in [0.2, 0.25) is 0 Å². The van der Waals surface area contributed by atoms with Crippen LogP contribution in [0.4, 0.5) is 0 Å². The van der Waals surface area contributed by atoms with Crippen LogP contribution in [0.3, 0.4) is 0 Å². The Morgan fingerprint density at radius 3 is 2.50 bits per heavy atom. The second-order valence-corrected chi connectivity index (χ2v) is 4.77. The average molecular weight is 305 g/mol. The molecule has 1 rings (SSSR count). The van der Waals surface area contributed by atoms with E-state index < -0.39 is 18.0 Å². The van der Waals surface area contributed by atoms with Crippen molar-refractivity contribution in [1.29, 1.82) is 5.26 Å². The summed E-state index contributed by atoms with van der Waals surface area (Å²) < 4.78 is 15.2. The summed E-state index contributed by atoms with van der Waals surface area (Å²) >= 11 is 0. The number of hydrogen-bond donors (Lipinski definition) is 0. The van der Waals surface area contributed by atoms with Gasteiger partial charge in [0, 0.05) is 12.8 Å². The van der Waals surface area contributed by atoms with E-state index in [2.05, 4.69) is 6.07 Å². The van der Waals surface area contributed by atoms with Gasteiger partial charge in [0.25, 0.3) is 0 Å². The van der Waals surface area contributed by atoms with E-state index in [1.165, 1.54) is 6.92 Å². The molecule has 0 bridgehead atoms. The maximum atomic E-state index is 11.9. The summed E-state index contributed by atoms with van der Waals surface area (Å²) in [5.74, 6) is -1.20. The molecule has 118 valence electrons. The monoisotopic (exact) mass is 305 g/mol. The Morgan fingerprint density at radius 1 is 1.23 bits per heavy atom. The molecule has 0 aliphatic rings. The number of esters is 2. The van der Waals surface area contributed by atoms with Crippen LogP contribution < -0.4 is 0 Å². The minimum absolute atomic E-state index is 0.0129. The van der Waals surface area contributed by atoms with Gasteiger partial charge in [-0.05, 0) is 25.5 Å². The fraction of sp³-hybridized carbons (Fsp3) is 0.438. The van der Waals surface area contributed by atoms with Crippen LogP contribution in [0.15, 0.2) is 30.3 Å². The van der Waals surface area contributed by atoms with Gasteiger partial charge < -0.3 is 14.2 Å². The maximum Gasteiger partial charge on any atom is 0.338 e. The van der Waals surface area contributed by atoms with Gasteiger partial charge in [0.1, 0.15) is 6.61 Å². The Kier molecular flexibility index (Phi) is 7.65. The fourth-order valence-electron chi connectivity index (χ4n) is 1.67. The normalized spacial score (nSPS) is 12.8. The minimum atomic E-state index is -0.512. The van der Waals surface area contributed by atoms with Gasteiger partial charge in [-0.15, -0.1) is 0 Å². The molecular formula is C16H19NO5. The van der Waals surface area contributed by atoms with Crippen molar-refractivity contribution < 1.29 is 23.8 Å². The van der Waals surface area contributed by atoms with Gasteiger partial charge >= 0.3 is 11.9 Å². The summed E-state index contributed by atoms with van der Waals surface area (Å²) in [6.07, 6.45) is -0.138. The molecule has 0 amide bonds. The third-order valence-corrected chi connectivity index (χ3v) is 2.81. The van der Waals surface area contributed by atoms with E-state index >= 15 is 0 Å². The van der Waals surface area contributed by atoms with E-state index in [1.807, 2.05) is 0 Å². The summed E-state index contributed by atoms with van der Waals surface area (Å²) in [6.45, 7) is 2.76. The third-order valence-electron chi connectivity index (χ3n) is 2.81. The number of carbonyl (C=O) groups excluding carboxylic acids is 2. The van der Waals surface area contributed by atoms with Gasteiger partial charge in [-0.25, -0.2) is 4.79 Å². The lowest BCUT2D eigenvalue weighted by Crippen LogP contribution is -2.26. The summed E-state index contributed by atoms with van der Waals surface area (Å²) in [6, 6.07) is 10.7. The van der Waals surface area contributed by atoms with Crippen LogP contribution in [-0.4, -0.2) is 31.4 Å². The topological polar surface area (TPSA) is 85.6 Å². The van der Waals surface area contributed by atoms with Crippen LogP contribution in [0.5, 0.6) is 0 Å². The highest BCUT2D eigenvalue weighted by molar-refractivity contribution is 5.89. The number of ether oxygens (including phenoxy) is 3. The largest absolute Gasteiger partial charge is 0.459 e. The molecule has 0 N–H and O–H groups in total. The molecule has 0 aromatic heterocycles. The van der Waals surface area contributed by atoms with Crippen molar-refractivity contribution >= 4 is 11.9 Å². The number of nitriles is 1. The molecule has 0 fully saturated rings. The van der Waals surface area contributed by atoms with Gasteiger partial charge in [0.05, 0.1) is 17.7 Å². The Labute approximate surface area is 129 Å². The van der Waals surface area contributed by atoms with Crippen molar-refractivity contribution in [3.05, 3.63) is 35.9 Å². The van der Waals surface area contributed by atoms with Crippen LogP contribution in [-0.2, 0) is 19.0 Å². The van der Waals surface area contributed by atoms with E-state index in [4.69, 9.17) is 19.5 Å². The molecule has 0 spiro atoms. The standard InChI is InChI=1S/C16H19NO5/c1-12(9-17)8-15(22-11-21-13(2)18)10-20-16(19)14-6-4-3-5-7-14/h3-7,12,15H,8,10-11H2,1-2H3. The van der Waals surface area contributed by atoms with Gasteiger partial charge in [-0.3, -0.25) is 4.79 Å². The highest BCUT2D eigenvalue weighted by Gasteiger charge is 2.17. The summed E-state index contributed by atoms with van der Waals surface area (Å²) in [7, 11) is 0. The first kappa shape index (κ1) is 17.7. The number of nitrogens with zero attached hydrogens (tertiary/aromatic N) is 1. The second kappa shape index (κ2) is 9.53. The number of carbonyl (C=O) groups is 2. The quantitative estimate of drug-likeness (QED) is 0.541. The molecule has 1 aromatic carbocycles. The zero-order valence-electron chi connectivity index (χ0n) is 12.7. The van der Waals surface area contributed by atoms with Crippen molar-refractivity contribution in [3.8, 4) is 6.07 Å². The highest BCUT2D eigenvalue weighted by atomic mass is 16.7. The number of hydrogen-bond acceptors (Lipinski definition) is 6. The summed E-state index contributed by atoms with van der Waals surface area (Å²) in [5, 5.41) is 8.85. The molecule has 0 saturated carbocycles. The molecule has 2 atom stereocenters. The van der Waals surface area contributed by atoms with Gasteiger partial charge in [-0.2, -0.15) is 5.26 Å². The van der Waals surface area contributed by atoms with Crippen LogP contribution in [0.2, 0.25) is 0 Å². The van der Waals surface area contributed by atoms with E-state index in [0.29, 0.717) is 12.0 Å². The Balaban J connectivity index is 2.50. The molecular weight excluding hydrogens is 286 g/mol. The number of benzene rings is 1. The van der Waals surface area contributed by atoms with Crippen LogP contribution in [0.1, 0.15) is 30.6 Å². The van der Waals surface area contributed by atoms with E-state index in [1.54, 1.807) is 37.3 Å². The first-order valence-electron chi connectivity index (χ1n) is 6.89. The van der Waals surface area contributed by atoms with E-state index in [0.717, 1.165) is 0 Å². The van der Waals surface area contributed by atoms with Crippen LogP contribution in [0.25, 0.3) is 0 Å². The minimum Gasteiger partial charge on any atom is -0.459 e. The Hall–Kier alpha value is -2.39. The van der Waals surface area contributed by atoms with E-state index in [-0.39, 0.29) is 19.3 Å². The second-order valence-electron chi connectivity index (χ2n) is 4.77. The molecule has 6 heteroatoms. The molecule has 0 heterocycles. The van der Waals surface area contributed by atoms with Gasteiger partial charge in [0.15, 0.2) is 6.79 Å². The summed E-state index contributed by atoms with van der Waals surface area (Å²) in [4.78, 5) is 22.6. The first-order valence-corrected chi connectivity index (χ1v) is 6.89. The van der Waals surface area contributed by atoms with Crippen LogP contribution in [0, 0.1) is 17.2 Å². The Morgan fingerprint density at radius 2 is 1.91 bits per heavy atom. The predicted molar refractivity (Wildman–Crippen MR) is 77.6 cm³/mol. The van der Waals surface area contributed by atoms with Crippen molar-refractivity contribution in [1.82, 2.24) is 0 Å². The number of rotatable bonds is 8. The highest BCUT2D eigenvalue weighted by Crippen LogP contribution is 2.10. The van der Waals surface area contributed by atoms with Crippen molar-refractivity contribution in [2.75, 3.05) is 13.4 Å². The smallest absolute Gasteiger partial charge is 0.338 e. The molecule has 0 aliphatic heterocycles. The van der Waals surface area contributed by atoms with Crippen molar-refractivity contribution in [2.24, 2.45) is 5.92 Å². The van der Waals surface area contributed by atoms with Crippen molar-refractivity contribution in [2.45, 2.75) is 26.4 Å². The lowest BCUT2D eigenvalue weighted by Gasteiger charge is -2.18. The molecule has 1 aromatic rings.